The molecule has 59 valence electrons. The van der Waals surface area contributed by atoms with E-state index in [4.69, 9.17) is 5.16 Å². The third-order valence-electron chi connectivity index (χ3n) is 0.447. The van der Waals surface area contributed by atoms with Crippen LogP contribution >= 0.6 is 15.4 Å². The van der Waals surface area contributed by atoms with Crippen LogP contribution in [0.5, 0.6) is 0 Å². The SMILES string of the molecule is CN=[PH](C)C.C[P+](C)=N.[Y]. The molecule has 0 aliphatic carbocycles. The van der Waals surface area contributed by atoms with E-state index in [1.165, 1.54) is 0 Å². The molecular formula is C5H17N2P2Y+. The van der Waals surface area contributed by atoms with Gasteiger partial charge in [0.05, 0.1) is 0 Å². The van der Waals surface area contributed by atoms with Crippen molar-refractivity contribution >= 4 is 15.4 Å². The Labute approximate surface area is 91.2 Å². The van der Waals surface area contributed by atoms with Crippen LogP contribution in [-0.4, -0.2) is 33.7 Å². The van der Waals surface area contributed by atoms with Crippen LogP contribution in [0.3, 0.4) is 0 Å². The van der Waals surface area contributed by atoms with Crippen LogP contribution < -0.4 is 0 Å². The van der Waals surface area contributed by atoms with Crippen molar-refractivity contribution < 1.29 is 32.7 Å². The number of hydrogen-bond donors (Lipinski definition) is 1. The van der Waals surface area contributed by atoms with E-state index in [0.29, 0.717) is 0 Å². The predicted molar refractivity (Wildman–Crippen MR) is 50.0 cm³/mol. The molecule has 5 heteroatoms. The fraction of sp³-hybridized carbons (Fsp3) is 1.00. The summed E-state index contributed by atoms with van der Waals surface area (Å²) in [5.41, 5.74) is 0. The summed E-state index contributed by atoms with van der Waals surface area (Å²) in [6.45, 7) is 8.11. The topological polar surface area (TPSA) is 36.2 Å². The van der Waals surface area contributed by atoms with E-state index < -0.39 is 0 Å². The molecule has 0 aliphatic rings. The van der Waals surface area contributed by atoms with Gasteiger partial charge >= 0.3 is 0 Å². The van der Waals surface area contributed by atoms with E-state index in [-0.39, 0.29) is 48.1 Å². The summed E-state index contributed by atoms with van der Waals surface area (Å²) in [6, 6.07) is 0. The van der Waals surface area contributed by atoms with Gasteiger partial charge in [0.2, 0.25) is 0 Å². The second kappa shape index (κ2) is 13.1. The smallest absolute Gasteiger partial charge is 0.189 e. The summed E-state index contributed by atoms with van der Waals surface area (Å²) >= 11 is 0. The van der Waals surface area contributed by atoms with Gasteiger partial charge in [-0.05, 0) is 21.0 Å². The second-order valence-corrected chi connectivity index (χ2v) is 6.20. The Kier molecular flexibility index (Phi) is 22.8. The minimum absolute atomic E-state index is 0. The molecule has 1 N–H and O–H groups in total. The number of nitrogens with zero attached hydrogens (tertiary/aromatic N) is 1. The zero-order chi connectivity index (χ0) is 7.86. The van der Waals surface area contributed by atoms with Crippen molar-refractivity contribution in [3.05, 3.63) is 0 Å². The van der Waals surface area contributed by atoms with Gasteiger partial charge in [-0.15, -0.1) is 5.16 Å². The van der Waals surface area contributed by atoms with Crippen molar-refractivity contribution in [1.29, 1.82) is 5.16 Å². The Bertz CT molecular complexity index is 106. The van der Waals surface area contributed by atoms with E-state index in [0.717, 1.165) is 0 Å². The van der Waals surface area contributed by atoms with Crippen LogP contribution in [-0.2, 0) is 32.7 Å². The molecule has 0 aliphatic heterocycles. The fourth-order valence-corrected chi connectivity index (χ4v) is 0. The maximum Gasteiger partial charge on any atom is 0.189 e. The average Bonchev–Trinajstić information content (AvgIpc) is 1.65. The molecule has 0 aromatic carbocycles. The molecule has 0 saturated carbocycles. The molecule has 0 aromatic rings. The zero-order valence-corrected chi connectivity index (χ0v) is 12.2. The Hall–Kier alpha value is 1.43. The summed E-state index contributed by atoms with van der Waals surface area (Å²) in [6.07, 6.45) is 0. The van der Waals surface area contributed by atoms with Crippen LogP contribution in [0.4, 0.5) is 0 Å². The molecule has 0 rings (SSSR count). The second-order valence-electron chi connectivity index (χ2n) is 2.07. The molecule has 0 aromatic heterocycles. The fourth-order valence-electron chi connectivity index (χ4n) is 0. The maximum atomic E-state index is 6.65. The minimum Gasteiger partial charge on any atom is -0.310 e. The zero-order valence-electron chi connectivity index (χ0n) is 7.47. The maximum absolute atomic E-state index is 6.65. The largest absolute Gasteiger partial charge is 0.310 e. The first-order valence-corrected chi connectivity index (χ1v) is 7.47. The first-order valence-electron chi connectivity index (χ1n) is 2.79. The van der Waals surface area contributed by atoms with Gasteiger partial charge in [0.15, 0.2) is 7.71 Å². The Morgan fingerprint density at radius 1 is 1.30 bits per heavy atom. The monoisotopic (exact) mass is 256 g/mol. The van der Waals surface area contributed by atoms with E-state index >= 15 is 0 Å². The van der Waals surface area contributed by atoms with E-state index in [9.17, 15) is 0 Å². The van der Waals surface area contributed by atoms with Crippen molar-refractivity contribution in [1.82, 2.24) is 0 Å². The summed E-state index contributed by atoms with van der Waals surface area (Å²) in [7, 11) is 1.25. The Balaban J connectivity index is -0.0000000910. The predicted octanol–water partition coefficient (Wildman–Crippen LogP) is 2.76. The van der Waals surface area contributed by atoms with Crippen LogP contribution in [0.15, 0.2) is 4.74 Å². The quantitative estimate of drug-likeness (QED) is 0.647. The molecule has 0 amide bonds. The molecule has 0 unspecified atom stereocenters. The van der Waals surface area contributed by atoms with Crippen molar-refractivity contribution in [2.75, 3.05) is 33.7 Å². The van der Waals surface area contributed by atoms with Crippen LogP contribution in [0.25, 0.3) is 0 Å². The van der Waals surface area contributed by atoms with E-state index in [2.05, 4.69) is 18.1 Å². The number of nitrogens with one attached hydrogen (secondary N) is 1. The third kappa shape index (κ3) is 56.9. The van der Waals surface area contributed by atoms with Gasteiger partial charge in [0.25, 0.3) is 0 Å². The third-order valence-corrected chi connectivity index (χ3v) is 1.34. The van der Waals surface area contributed by atoms with Gasteiger partial charge in [0.1, 0.15) is 13.3 Å². The van der Waals surface area contributed by atoms with Gasteiger partial charge in [-0.2, -0.15) is 0 Å². The molecule has 0 fully saturated rings. The summed E-state index contributed by atoms with van der Waals surface area (Å²) in [5, 5.41) is 6.65. The van der Waals surface area contributed by atoms with Crippen molar-refractivity contribution in [2.45, 2.75) is 0 Å². The Morgan fingerprint density at radius 2 is 1.40 bits per heavy atom. The van der Waals surface area contributed by atoms with Crippen molar-refractivity contribution in [2.24, 2.45) is 4.74 Å². The molecule has 0 heterocycles. The van der Waals surface area contributed by atoms with E-state index in [1.54, 1.807) is 0 Å². The molecule has 2 nitrogen and oxygen atoms in total. The first-order chi connectivity index (χ1) is 4.00. The first kappa shape index (κ1) is 17.5. The van der Waals surface area contributed by atoms with Gasteiger partial charge in [0, 0.05) is 39.8 Å². The van der Waals surface area contributed by atoms with E-state index in [1.807, 2.05) is 20.4 Å². The van der Waals surface area contributed by atoms with Gasteiger partial charge in [-0.3, -0.25) is 0 Å². The van der Waals surface area contributed by atoms with Crippen LogP contribution in [0.2, 0.25) is 0 Å². The standard InChI is InChI=1S/C3H10NP.C2H7NP.Y/c1-4-5(2)3;1-4(2)3;/h5H,1-3H3;3H,1-2H3;/q;+1;. The molecule has 0 spiro atoms. The molecule has 0 saturated heterocycles. The minimum atomic E-state index is -0.370. The normalized spacial score (nSPS) is 7.00. The van der Waals surface area contributed by atoms with Gasteiger partial charge < -0.3 is 4.74 Å². The number of rotatable bonds is 0. The van der Waals surface area contributed by atoms with Gasteiger partial charge in [-0.25, -0.2) is 0 Å². The summed E-state index contributed by atoms with van der Waals surface area (Å²) in [5.74, 6) is 0. The molecule has 0 atom stereocenters. The van der Waals surface area contributed by atoms with Crippen molar-refractivity contribution in [3.8, 4) is 0 Å². The molecular weight excluding hydrogens is 239 g/mol. The molecule has 1 radical (unpaired) electrons. The summed E-state index contributed by atoms with van der Waals surface area (Å²) < 4.78 is 3.99. The number of hydrogen-bond acceptors (Lipinski definition) is 2. The van der Waals surface area contributed by atoms with Crippen LogP contribution in [0, 0.1) is 5.16 Å². The Morgan fingerprint density at radius 3 is 1.40 bits per heavy atom. The van der Waals surface area contributed by atoms with Crippen LogP contribution in [0.1, 0.15) is 0 Å². The average molecular weight is 256 g/mol. The molecule has 10 heavy (non-hydrogen) atoms. The summed E-state index contributed by atoms with van der Waals surface area (Å²) in [4.78, 5) is 0. The van der Waals surface area contributed by atoms with Gasteiger partial charge in [-0.1, -0.05) is 0 Å². The van der Waals surface area contributed by atoms with Crippen molar-refractivity contribution in [3.63, 3.8) is 0 Å². The molecule has 0 bridgehead atoms.